The molecule has 1 aliphatic rings. The Balaban J connectivity index is 1.51. The lowest BCUT2D eigenvalue weighted by Gasteiger charge is -2.15. The Kier molecular flexibility index (Phi) is 7.00. The standard InChI is InChI=1S/C23H26N2O4/c1-2-3-15-29-23(28)18-8-10-19(11-9-18)24-21(26)16-17-6-12-20(13-7-17)25-14-4-5-22(25)27/h6-13H,2-5,14-16H2,1H3,(H,24,26). The van der Waals surface area contributed by atoms with E-state index in [0.29, 0.717) is 24.3 Å². The van der Waals surface area contributed by atoms with Crippen molar-refractivity contribution in [3.63, 3.8) is 0 Å². The average molecular weight is 394 g/mol. The first-order valence-electron chi connectivity index (χ1n) is 10.0. The summed E-state index contributed by atoms with van der Waals surface area (Å²) in [5.74, 6) is -0.352. The number of benzene rings is 2. The van der Waals surface area contributed by atoms with Crippen molar-refractivity contribution >= 4 is 29.2 Å². The Bertz CT molecular complexity index is 859. The van der Waals surface area contributed by atoms with Crippen LogP contribution in [0.25, 0.3) is 0 Å². The first-order valence-corrected chi connectivity index (χ1v) is 10.0. The summed E-state index contributed by atoms with van der Waals surface area (Å²) in [5, 5.41) is 2.83. The lowest BCUT2D eigenvalue weighted by Crippen LogP contribution is -2.23. The highest BCUT2D eigenvalue weighted by Gasteiger charge is 2.21. The summed E-state index contributed by atoms with van der Waals surface area (Å²) in [6.45, 7) is 3.20. The number of esters is 1. The molecule has 152 valence electrons. The molecule has 6 nitrogen and oxygen atoms in total. The largest absolute Gasteiger partial charge is 0.462 e. The quantitative estimate of drug-likeness (QED) is 0.543. The van der Waals surface area contributed by atoms with E-state index >= 15 is 0 Å². The predicted molar refractivity (Wildman–Crippen MR) is 112 cm³/mol. The molecule has 2 aromatic rings. The molecule has 0 bridgehead atoms. The fourth-order valence-corrected chi connectivity index (χ4v) is 3.19. The number of hydrogen-bond donors (Lipinski definition) is 1. The SMILES string of the molecule is CCCCOC(=O)c1ccc(NC(=O)Cc2ccc(N3CCCC3=O)cc2)cc1. The number of amides is 2. The van der Waals surface area contributed by atoms with Crippen molar-refractivity contribution in [2.24, 2.45) is 0 Å². The van der Waals surface area contributed by atoms with Gasteiger partial charge in [-0.15, -0.1) is 0 Å². The van der Waals surface area contributed by atoms with Gasteiger partial charge in [-0.25, -0.2) is 4.79 Å². The van der Waals surface area contributed by atoms with Crippen molar-refractivity contribution in [2.75, 3.05) is 23.4 Å². The van der Waals surface area contributed by atoms with E-state index in [1.807, 2.05) is 31.2 Å². The molecule has 6 heteroatoms. The smallest absolute Gasteiger partial charge is 0.338 e. The zero-order valence-corrected chi connectivity index (χ0v) is 16.6. The summed E-state index contributed by atoms with van der Waals surface area (Å²) in [4.78, 5) is 37.8. The van der Waals surface area contributed by atoms with Gasteiger partial charge in [0.05, 0.1) is 18.6 Å². The predicted octanol–water partition coefficient (Wildman–Crippen LogP) is 3.95. The Morgan fingerprint density at radius 2 is 1.79 bits per heavy atom. The maximum atomic E-state index is 12.3. The van der Waals surface area contributed by atoms with Gasteiger partial charge in [0.2, 0.25) is 11.8 Å². The summed E-state index contributed by atoms with van der Waals surface area (Å²) in [6, 6.07) is 14.2. The Labute approximate surface area is 170 Å². The third-order valence-electron chi connectivity index (χ3n) is 4.82. The van der Waals surface area contributed by atoms with Crippen molar-refractivity contribution in [1.29, 1.82) is 0 Å². The minimum Gasteiger partial charge on any atom is -0.462 e. The molecule has 0 aliphatic carbocycles. The van der Waals surface area contributed by atoms with Gasteiger partial charge in [-0.05, 0) is 54.8 Å². The number of nitrogens with one attached hydrogen (secondary N) is 1. The van der Waals surface area contributed by atoms with E-state index in [-0.39, 0.29) is 24.2 Å². The minimum atomic E-state index is -0.354. The highest BCUT2D eigenvalue weighted by molar-refractivity contribution is 5.96. The van der Waals surface area contributed by atoms with E-state index in [1.54, 1.807) is 29.2 Å². The molecule has 2 aromatic carbocycles. The third kappa shape index (κ3) is 5.67. The molecule has 2 amide bonds. The number of ether oxygens (including phenoxy) is 1. The average Bonchev–Trinajstić information content (AvgIpc) is 3.15. The Hall–Kier alpha value is -3.15. The summed E-state index contributed by atoms with van der Waals surface area (Å²) < 4.78 is 5.17. The highest BCUT2D eigenvalue weighted by Crippen LogP contribution is 2.22. The van der Waals surface area contributed by atoms with Crippen molar-refractivity contribution in [1.82, 2.24) is 0 Å². The van der Waals surface area contributed by atoms with E-state index < -0.39 is 0 Å². The lowest BCUT2D eigenvalue weighted by molar-refractivity contribution is -0.117. The van der Waals surface area contributed by atoms with Gasteiger partial charge in [-0.2, -0.15) is 0 Å². The number of carbonyl (C=O) groups is 3. The zero-order valence-electron chi connectivity index (χ0n) is 16.6. The van der Waals surface area contributed by atoms with Gasteiger partial charge in [0.1, 0.15) is 0 Å². The van der Waals surface area contributed by atoms with Crippen LogP contribution in [0.4, 0.5) is 11.4 Å². The maximum absolute atomic E-state index is 12.3. The van der Waals surface area contributed by atoms with Crippen molar-refractivity contribution in [3.8, 4) is 0 Å². The molecule has 1 aliphatic heterocycles. The molecule has 0 saturated carbocycles. The second-order valence-corrected chi connectivity index (χ2v) is 7.11. The molecule has 0 aromatic heterocycles. The van der Waals surface area contributed by atoms with Crippen LogP contribution in [0.1, 0.15) is 48.5 Å². The molecule has 0 atom stereocenters. The molecule has 0 unspecified atom stereocenters. The van der Waals surface area contributed by atoms with Crippen LogP contribution in [-0.2, 0) is 20.7 Å². The van der Waals surface area contributed by atoms with E-state index in [0.717, 1.165) is 37.1 Å². The molecule has 1 N–H and O–H groups in total. The second-order valence-electron chi connectivity index (χ2n) is 7.11. The van der Waals surface area contributed by atoms with Crippen LogP contribution in [0.2, 0.25) is 0 Å². The second kappa shape index (κ2) is 9.87. The fraction of sp³-hybridized carbons (Fsp3) is 0.348. The van der Waals surface area contributed by atoms with Gasteiger partial charge in [0.25, 0.3) is 0 Å². The molecule has 0 spiro atoms. The molecule has 1 fully saturated rings. The van der Waals surface area contributed by atoms with E-state index in [4.69, 9.17) is 4.74 Å². The summed E-state index contributed by atoms with van der Waals surface area (Å²) in [7, 11) is 0. The summed E-state index contributed by atoms with van der Waals surface area (Å²) >= 11 is 0. The van der Waals surface area contributed by atoms with Crippen LogP contribution in [0.5, 0.6) is 0 Å². The first kappa shape index (κ1) is 20.6. The molecule has 3 rings (SSSR count). The van der Waals surface area contributed by atoms with Gasteiger partial charge in [-0.1, -0.05) is 25.5 Å². The van der Waals surface area contributed by atoms with Crippen molar-refractivity contribution in [3.05, 3.63) is 59.7 Å². The Morgan fingerprint density at radius 1 is 1.07 bits per heavy atom. The van der Waals surface area contributed by atoms with Crippen LogP contribution in [0, 0.1) is 0 Å². The van der Waals surface area contributed by atoms with Gasteiger partial charge in [-0.3, -0.25) is 9.59 Å². The number of rotatable bonds is 8. The number of unbranched alkanes of at least 4 members (excludes halogenated alkanes) is 1. The van der Waals surface area contributed by atoms with E-state index in [1.165, 1.54) is 0 Å². The van der Waals surface area contributed by atoms with Gasteiger partial charge in [0.15, 0.2) is 0 Å². The zero-order chi connectivity index (χ0) is 20.6. The number of nitrogens with zero attached hydrogens (tertiary/aromatic N) is 1. The number of hydrogen-bond acceptors (Lipinski definition) is 4. The van der Waals surface area contributed by atoms with Crippen LogP contribution >= 0.6 is 0 Å². The van der Waals surface area contributed by atoms with Gasteiger partial charge in [0, 0.05) is 24.3 Å². The van der Waals surface area contributed by atoms with Crippen LogP contribution < -0.4 is 10.2 Å². The summed E-state index contributed by atoms with van der Waals surface area (Å²) in [6.07, 6.45) is 3.53. The van der Waals surface area contributed by atoms with Crippen molar-refractivity contribution < 1.29 is 19.1 Å². The fourth-order valence-electron chi connectivity index (χ4n) is 3.19. The highest BCUT2D eigenvalue weighted by atomic mass is 16.5. The van der Waals surface area contributed by atoms with Gasteiger partial charge < -0.3 is 15.0 Å². The number of anilines is 2. The van der Waals surface area contributed by atoms with Crippen LogP contribution in [0.3, 0.4) is 0 Å². The molecular formula is C23H26N2O4. The third-order valence-corrected chi connectivity index (χ3v) is 4.82. The first-order chi connectivity index (χ1) is 14.1. The molecular weight excluding hydrogens is 368 g/mol. The maximum Gasteiger partial charge on any atom is 0.338 e. The van der Waals surface area contributed by atoms with E-state index in [2.05, 4.69) is 5.32 Å². The van der Waals surface area contributed by atoms with E-state index in [9.17, 15) is 14.4 Å². The minimum absolute atomic E-state index is 0.145. The van der Waals surface area contributed by atoms with Crippen LogP contribution in [-0.4, -0.2) is 30.9 Å². The molecule has 0 radical (unpaired) electrons. The monoisotopic (exact) mass is 394 g/mol. The Morgan fingerprint density at radius 3 is 2.41 bits per heavy atom. The normalized spacial score (nSPS) is 13.4. The topological polar surface area (TPSA) is 75.7 Å². The van der Waals surface area contributed by atoms with Crippen molar-refractivity contribution in [2.45, 2.75) is 39.0 Å². The number of carbonyl (C=O) groups excluding carboxylic acids is 3. The van der Waals surface area contributed by atoms with Crippen LogP contribution in [0.15, 0.2) is 48.5 Å². The molecule has 1 heterocycles. The van der Waals surface area contributed by atoms with Gasteiger partial charge >= 0.3 is 5.97 Å². The molecule has 29 heavy (non-hydrogen) atoms. The summed E-state index contributed by atoms with van der Waals surface area (Å²) in [5.41, 5.74) is 2.83. The lowest BCUT2D eigenvalue weighted by atomic mass is 10.1. The molecule has 1 saturated heterocycles.